The van der Waals surface area contributed by atoms with Crippen LogP contribution in [0, 0.1) is 0 Å². The lowest BCUT2D eigenvalue weighted by atomic mass is 9.81. The van der Waals surface area contributed by atoms with E-state index in [0.29, 0.717) is 5.82 Å². The first-order chi connectivity index (χ1) is 28.5. The van der Waals surface area contributed by atoms with Crippen molar-refractivity contribution in [3.8, 4) is 56.2 Å². The highest BCUT2D eigenvalue weighted by molar-refractivity contribution is 6.16. The van der Waals surface area contributed by atoms with Gasteiger partial charge in [-0.2, -0.15) is 0 Å². The summed E-state index contributed by atoms with van der Waals surface area (Å²) in [5.41, 5.74) is 14.2. The molecule has 0 saturated carbocycles. The Morgan fingerprint density at radius 3 is 1.88 bits per heavy atom. The van der Waals surface area contributed by atoms with E-state index in [1.807, 2.05) is 6.07 Å². The van der Waals surface area contributed by atoms with Crippen LogP contribution in [0.2, 0.25) is 0 Å². The third kappa shape index (κ3) is 4.86. The standard InChI is InChI=1S/C55H36N2O/c1-55(2)47-22-12-21-44(52(47)46-29-35-16-6-7-17-36(35)31-48(46)55)50-32-49(56-54(57-50)34-14-4-3-5-15-34)42-27-26-38(40-19-10-11-20-41(40)42)37-24-28-51-45(30-37)43-25-23-33-13-8-9-18-39(33)53(43)58-51/h3-32H,1-2H3. The van der Waals surface area contributed by atoms with Crippen LogP contribution in [0.1, 0.15) is 25.0 Å². The van der Waals surface area contributed by atoms with Crippen LogP contribution in [0.4, 0.5) is 0 Å². The van der Waals surface area contributed by atoms with Gasteiger partial charge in [0, 0.05) is 38.3 Å². The van der Waals surface area contributed by atoms with E-state index in [-0.39, 0.29) is 5.41 Å². The minimum atomic E-state index is -0.158. The molecule has 0 atom stereocenters. The van der Waals surface area contributed by atoms with E-state index in [4.69, 9.17) is 14.4 Å². The van der Waals surface area contributed by atoms with Crippen molar-refractivity contribution < 1.29 is 4.42 Å². The smallest absolute Gasteiger partial charge is 0.160 e. The second-order valence-electron chi connectivity index (χ2n) is 16.1. The number of hydrogen-bond acceptors (Lipinski definition) is 3. The van der Waals surface area contributed by atoms with Crippen molar-refractivity contribution in [3.63, 3.8) is 0 Å². The molecule has 0 radical (unpaired) electrons. The van der Waals surface area contributed by atoms with Crippen LogP contribution >= 0.6 is 0 Å². The number of nitrogens with zero attached hydrogens (tertiary/aromatic N) is 2. The molecule has 272 valence electrons. The van der Waals surface area contributed by atoms with Crippen LogP contribution in [0.25, 0.3) is 110 Å². The molecule has 0 spiro atoms. The molecule has 9 aromatic carbocycles. The van der Waals surface area contributed by atoms with Crippen LogP contribution < -0.4 is 0 Å². The maximum atomic E-state index is 6.48. The van der Waals surface area contributed by atoms with E-state index in [1.165, 1.54) is 49.4 Å². The van der Waals surface area contributed by atoms with Crippen molar-refractivity contribution in [2.75, 3.05) is 0 Å². The summed E-state index contributed by atoms with van der Waals surface area (Å²) < 4.78 is 6.48. The highest BCUT2D eigenvalue weighted by Gasteiger charge is 2.37. The second kappa shape index (κ2) is 12.3. The van der Waals surface area contributed by atoms with Crippen LogP contribution in [0.5, 0.6) is 0 Å². The molecule has 0 amide bonds. The highest BCUT2D eigenvalue weighted by atomic mass is 16.3. The zero-order valence-corrected chi connectivity index (χ0v) is 32.1. The van der Waals surface area contributed by atoms with Gasteiger partial charge in [0.25, 0.3) is 0 Å². The summed E-state index contributed by atoms with van der Waals surface area (Å²) in [7, 11) is 0. The first-order valence-corrected chi connectivity index (χ1v) is 20.0. The van der Waals surface area contributed by atoms with Crippen LogP contribution in [0.3, 0.4) is 0 Å². The molecule has 1 aliphatic carbocycles. The lowest BCUT2D eigenvalue weighted by Crippen LogP contribution is -2.14. The molecule has 11 aromatic rings. The van der Waals surface area contributed by atoms with E-state index >= 15 is 0 Å². The van der Waals surface area contributed by atoms with Gasteiger partial charge in [-0.05, 0) is 96.7 Å². The Bertz CT molecular complexity index is 3480. The molecule has 0 fully saturated rings. The summed E-state index contributed by atoms with van der Waals surface area (Å²) in [4.78, 5) is 10.7. The van der Waals surface area contributed by atoms with Crippen molar-refractivity contribution in [2.45, 2.75) is 19.3 Å². The normalized spacial score (nSPS) is 13.1. The lowest BCUT2D eigenvalue weighted by Gasteiger charge is -2.22. The fourth-order valence-corrected chi connectivity index (χ4v) is 9.57. The number of furan rings is 1. The van der Waals surface area contributed by atoms with Crippen LogP contribution in [-0.4, -0.2) is 9.97 Å². The van der Waals surface area contributed by atoms with E-state index < -0.39 is 0 Å². The molecule has 0 bridgehead atoms. The monoisotopic (exact) mass is 740 g/mol. The van der Waals surface area contributed by atoms with Gasteiger partial charge in [0.05, 0.1) is 11.4 Å². The Labute approximate surface area is 335 Å². The minimum Gasteiger partial charge on any atom is -0.455 e. The second-order valence-corrected chi connectivity index (χ2v) is 16.1. The summed E-state index contributed by atoms with van der Waals surface area (Å²) in [6.45, 7) is 4.69. The first kappa shape index (κ1) is 32.8. The minimum absolute atomic E-state index is 0.158. The van der Waals surface area contributed by atoms with Crippen LogP contribution in [-0.2, 0) is 5.41 Å². The molecule has 1 aliphatic rings. The average molecular weight is 741 g/mol. The maximum Gasteiger partial charge on any atom is 0.160 e. The molecule has 0 aliphatic heterocycles. The lowest BCUT2D eigenvalue weighted by molar-refractivity contribution is 0.661. The molecule has 3 heteroatoms. The molecular weight excluding hydrogens is 705 g/mol. The topological polar surface area (TPSA) is 38.9 Å². The predicted molar refractivity (Wildman–Crippen MR) is 241 cm³/mol. The summed E-state index contributed by atoms with van der Waals surface area (Å²) >= 11 is 0. The van der Waals surface area contributed by atoms with E-state index in [2.05, 4.69) is 190 Å². The van der Waals surface area contributed by atoms with Gasteiger partial charge in [-0.1, -0.05) is 159 Å². The van der Waals surface area contributed by atoms with Crippen LogP contribution in [0.15, 0.2) is 186 Å². The number of aromatic nitrogens is 2. The number of hydrogen-bond donors (Lipinski definition) is 0. The number of benzene rings is 9. The summed E-state index contributed by atoms with van der Waals surface area (Å²) in [5.74, 6) is 0.708. The van der Waals surface area contributed by atoms with Gasteiger partial charge in [0.15, 0.2) is 5.82 Å². The third-order valence-electron chi connectivity index (χ3n) is 12.5. The Morgan fingerprint density at radius 2 is 1.07 bits per heavy atom. The summed E-state index contributed by atoms with van der Waals surface area (Å²) in [5, 5.41) is 9.38. The van der Waals surface area contributed by atoms with Gasteiger partial charge in [-0.3, -0.25) is 0 Å². The molecule has 0 N–H and O–H groups in total. The van der Waals surface area contributed by atoms with Gasteiger partial charge in [0.1, 0.15) is 11.2 Å². The Morgan fingerprint density at radius 1 is 0.397 bits per heavy atom. The molecular formula is C55H36N2O. The van der Waals surface area contributed by atoms with Gasteiger partial charge < -0.3 is 4.42 Å². The molecule has 2 heterocycles. The molecule has 58 heavy (non-hydrogen) atoms. The maximum absolute atomic E-state index is 6.48. The number of rotatable bonds is 4. The molecule has 3 nitrogen and oxygen atoms in total. The SMILES string of the molecule is CC1(C)c2cc3ccccc3cc2-c2c(-c3cc(-c4ccc(-c5ccc6oc7c8ccccc8ccc7c6c5)c5ccccc45)nc(-c4ccccc4)n3)cccc21. The Balaban J connectivity index is 1.05. The summed E-state index contributed by atoms with van der Waals surface area (Å²) in [6.07, 6.45) is 0. The van der Waals surface area contributed by atoms with Crippen molar-refractivity contribution in [3.05, 3.63) is 193 Å². The van der Waals surface area contributed by atoms with E-state index in [1.54, 1.807) is 0 Å². The highest BCUT2D eigenvalue weighted by Crippen LogP contribution is 2.53. The van der Waals surface area contributed by atoms with Crippen molar-refractivity contribution in [2.24, 2.45) is 0 Å². The average Bonchev–Trinajstić information content (AvgIpc) is 3.76. The zero-order chi connectivity index (χ0) is 38.5. The first-order valence-electron chi connectivity index (χ1n) is 20.0. The van der Waals surface area contributed by atoms with E-state index in [9.17, 15) is 0 Å². The van der Waals surface area contributed by atoms with Gasteiger partial charge in [-0.25, -0.2) is 9.97 Å². The summed E-state index contributed by atoms with van der Waals surface area (Å²) in [6, 6.07) is 65.3. The molecule has 2 aromatic heterocycles. The fourth-order valence-electron chi connectivity index (χ4n) is 9.57. The zero-order valence-electron chi connectivity index (χ0n) is 32.1. The van der Waals surface area contributed by atoms with Gasteiger partial charge >= 0.3 is 0 Å². The largest absolute Gasteiger partial charge is 0.455 e. The molecule has 12 rings (SSSR count). The third-order valence-corrected chi connectivity index (χ3v) is 12.5. The Hall–Kier alpha value is -7.36. The van der Waals surface area contributed by atoms with Gasteiger partial charge in [0.2, 0.25) is 0 Å². The van der Waals surface area contributed by atoms with Gasteiger partial charge in [-0.15, -0.1) is 0 Å². The van der Waals surface area contributed by atoms with Crippen molar-refractivity contribution >= 4 is 54.3 Å². The van der Waals surface area contributed by atoms with Crippen molar-refractivity contribution in [1.82, 2.24) is 9.97 Å². The quantitative estimate of drug-likeness (QED) is 0.180. The number of fused-ring (bicyclic) bond motifs is 10. The fraction of sp³-hybridized carbons (Fsp3) is 0.0545. The molecule has 0 unspecified atom stereocenters. The molecule has 0 saturated heterocycles. The van der Waals surface area contributed by atoms with E-state index in [0.717, 1.165) is 66.4 Å². The van der Waals surface area contributed by atoms with Crippen molar-refractivity contribution in [1.29, 1.82) is 0 Å². The predicted octanol–water partition coefficient (Wildman–Crippen LogP) is 14.8. The Kier molecular flexibility index (Phi) is 6.98.